The van der Waals surface area contributed by atoms with Crippen molar-refractivity contribution in [3.63, 3.8) is 0 Å². The van der Waals surface area contributed by atoms with Gasteiger partial charge in [0.15, 0.2) is 0 Å². The first-order valence-corrected chi connectivity index (χ1v) is 7.11. The van der Waals surface area contributed by atoms with Crippen molar-refractivity contribution in [2.24, 2.45) is 17.1 Å². The third-order valence-electron chi connectivity index (χ3n) is 3.98. The molecule has 0 bridgehead atoms. The monoisotopic (exact) mass is 259 g/mol. The van der Waals surface area contributed by atoms with Gasteiger partial charge in [-0.05, 0) is 37.3 Å². The highest BCUT2D eigenvalue weighted by Gasteiger charge is 2.25. The van der Waals surface area contributed by atoms with Crippen molar-refractivity contribution in [2.75, 3.05) is 6.54 Å². The molecule has 104 valence electrons. The van der Waals surface area contributed by atoms with E-state index in [1.807, 2.05) is 0 Å². The summed E-state index contributed by atoms with van der Waals surface area (Å²) in [5.74, 6) is 0.455. The molecule has 0 aliphatic heterocycles. The Morgan fingerprint density at radius 3 is 2.53 bits per heavy atom. The second-order valence-corrected chi connectivity index (χ2v) is 6.28. The molecule has 1 aromatic heterocycles. The molecule has 19 heavy (non-hydrogen) atoms. The molecule has 1 atom stereocenters. The van der Waals surface area contributed by atoms with E-state index in [9.17, 15) is 0 Å². The Kier molecular flexibility index (Phi) is 3.95. The number of nitrogens with zero attached hydrogens (tertiary/aromatic N) is 2. The van der Waals surface area contributed by atoms with E-state index in [1.165, 1.54) is 16.6 Å². The molecule has 0 amide bonds. The van der Waals surface area contributed by atoms with Crippen molar-refractivity contribution in [1.29, 1.82) is 0 Å². The topological polar surface area (TPSA) is 43.8 Å². The molecule has 2 N–H and O–H groups in total. The molecule has 2 aromatic rings. The van der Waals surface area contributed by atoms with Crippen molar-refractivity contribution in [3.8, 4) is 0 Å². The van der Waals surface area contributed by atoms with Crippen molar-refractivity contribution in [2.45, 2.75) is 40.7 Å². The fourth-order valence-electron chi connectivity index (χ4n) is 2.56. The van der Waals surface area contributed by atoms with Gasteiger partial charge in [0.25, 0.3) is 0 Å². The SMILES string of the molecule is CCn1nc(CC(CN)C(C)(C)C)c2ccccc21. The van der Waals surface area contributed by atoms with Crippen molar-refractivity contribution >= 4 is 10.9 Å². The molecule has 0 spiro atoms. The number of aryl methyl sites for hydroxylation is 1. The summed E-state index contributed by atoms with van der Waals surface area (Å²) in [7, 11) is 0. The van der Waals surface area contributed by atoms with Gasteiger partial charge < -0.3 is 5.73 Å². The number of fused-ring (bicyclic) bond motifs is 1. The molecule has 0 fully saturated rings. The van der Waals surface area contributed by atoms with Gasteiger partial charge in [-0.3, -0.25) is 4.68 Å². The number of para-hydroxylation sites is 1. The molecule has 0 aliphatic carbocycles. The summed E-state index contributed by atoms with van der Waals surface area (Å²) >= 11 is 0. The lowest BCUT2D eigenvalue weighted by Crippen LogP contribution is -2.30. The van der Waals surface area contributed by atoms with Crippen LogP contribution in [0.15, 0.2) is 24.3 Å². The molecule has 1 aromatic carbocycles. The second kappa shape index (κ2) is 5.33. The Balaban J connectivity index is 2.40. The highest BCUT2D eigenvalue weighted by atomic mass is 15.3. The van der Waals surface area contributed by atoms with Crippen LogP contribution in [0, 0.1) is 11.3 Å². The van der Waals surface area contributed by atoms with Crippen LogP contribution in [-0.4, -0.2) is 16.3 Å². The third-order valence-corrected chi connectivity index (χ3v) is 3.98. The minimum atomic E-state index is 0.214. The van der Waals surface area contributed by atoms with Gasteiger partial charge >= 0.3 is 0 Å². The zero-order valence-corrected chi connectivity index (χ0v) is 12.5. The Bertz CT molecular complexity index is 549. The maximum Gasteiger partial charge on any atom is 0.0706 e. The average Bonchev–Trinajstić information content (AvgIpc) is 2.73. The van der Waals surface area contributed by atoms with Crippen LogP contribution in [-0.2, 0) is 13.0 Å². The second-order valence-electron chi connectivity index (χ2n) is 6.28. The molecule has 2 rings (SSSR count). The molecule has 3 nitrogen and oxygen atoms in total. The van der Waals surface area contributed by atoms with Gasteiger partial charge in [0.2, 0.25) is 0 Å². The van der Waals surface area contributed by atoms with Crippen LogP contribution in [0.4, 0.5) is 0 Å². The smallest absolute Gasteiger partial charge is 0.0706 e. The van der Waals surface area contributed by atoms with Gasteiger partial charge in [-0.25, -0.2) is 0 Å². The Morgan fingerprint density at radius 1 is 1.26 bits per heavy atom. The summed E-state index contributed by atoms with van der Waals surface area (Å²) in [6.07, 6.45) is 0.952. The summed E-state index contributed by atoms with van der Waals surface area (Å²) in [5.41, 5.74) is 8.58. The normalized spacial score (nSPS) is 13.9. The molecule has 1 unspecified atom stereocenters. The van der Waals surface area contributed by atoms with Crippen LogP contribution in [0.3, 0.4) is 0 Å². The first kappa shape index (κ1) is 14.1. The molecular weight excluding hydrogens is 234 g/mol. The van der Waals surface area contributed by atoms with E-state index in [0.29, 0.717) is 12.5 Å². The summed E-state index contributed by atoms with van der Waals surface area (Å²) in [6.45, 7) is 10.5. The molecule has 0 saturated carbocycles. The van der Waals surface area contributed by atoms with E-state index >= 15 is 0 Å². The number of nitrogens with two attached hydrogens (primary N) is 1. The molecule has 0 aliphatic rings. The van der Waals surface area contributed by atoms with Crippen LogP contribution in [0.25, 0.3) is 10.9 Å². The van der Waals surface area contributed by atoms with E-state index in [1.54, 1.807) is 0 Å². The molecule has 1 heterocycles. The lowest BCUT2D eigenvalue weighted by molar-refractivity contribution is 0.244. The van der Waals surface area contributed by atoms with Crippen LogP contribution in [0.2, 0.25) is 0 Å². The van der Waals surface area contributed by atoms with E-state index in [2.05, 4.69) is 56.6 Å². The van der Waals surface area contributed by atoms with E-state index < -0.39 is 0 Å². The minimum absolute atomic E-state index is 0.214. The fraction of sp³-hybridized carbons (Fsp3) is 0.562. The average molecular weight is 259 g/mol. The predicted octanol–water partition coefficient (Wildman–Crippen LogP) is 3.22. The Labute approximate surface area is 115 Å². The number of hydrogen-bond acceptors (Lipinski definition) is 2. The van der Waals surface area contributed by atoms with Crippen molar-refractivity contribution in [1.82, 2.24) is 9.78 Å². The first-order chi connectivity index (χ1) is 8.97. The Hall–Kier alpha value is -1.35. The van der Waals surface area contributed by atoms with Crippen molar-refractivity contribution in [3.05, 3.63) is 30.0 Å². The quantitative estimate of drug-likeness (QED) is 0.916. The van der Waals surface area contributed by atoms with E-state index in [0.717, 1.165) is 13.0 Å². The van der Waals surface area contributed by atoms with Gasteiger partial charge in [0.1, 0.15) is 0 Å². The van der Waals surface area contributed by atoms with Crippen LogP contribution >= 0.6 is 0 Å². The summed E-state index contributed by atoms with van der Waals surface area (Å²) < 4.78 is 2.08. The molecule has 0 radical (unpaired) electrons. The largest absolute Gasteiger partial charge is 0.330 e. The van der Waals surface area contributed by atoms with E-state index in [-0.39, 0.29) is 5.41 Å². The highest BCUT2D eigenvalue weighted by molar-refractivity contribution is 5.81. The Morgan fingerprint density at radius 2 is 1.95 bits per heavy atom. The lowest BCUT2D eigenvalue weighted by atomic mass is 9.78. The summed E-state index contributed by atoms with van der Waals surface area (Å²) in [6, 6.07) is 8.47. The third kappa shape index (κ3) is 2.81. The lowest BCUT2D eigenvalue weighted by Gasteiger charge is -2.29. The van der Waals surface area contributed by atoms with Gasteiger partial charge in [-0.2, -0.15) is 5.10 Å². The number of rotatable bonds is 4. The number of benzene rings is 1. The molecule has 3 heteroatoms. The van der Waals surface area contributed by atoms with Gasteiger partial charge in [-0.1, -0.05) is 39.0 Å². The van der Waals surface area contributed by atoms with Gasteiger partial charge in [-0.15, -0.1) is 0 Å². The van der Waals surface area contributed by atoms with Crippen LogP contribution in [0.1, 0.15) is 33.4 Å². The maximum atomic E-state index is 5.96. The zero-order chi connectivity index (χ0) is 14.0. The molecular formula is C16H25N3. The van der Waals surface area contributed by atoms with E-state index in [4.69, 9.17) is 10.8 Å². The van der Waals surface area contributed by atoms with Crippen molar-refractivity contribution < 1.29 is 0 Å². The van der Waals surface area contributed by atoms with Gasteiger partial charge in [0, 0.05) is 11.9 Å². The summed E-state index contributed by atoms with van der Waals surface area (Å²) in [4.78, 5) is 0. The number of hydrogen-bond donors (Lipinski definition) is 1. The fourth-order valence-corrected chi connectivity index (χ4v) is 2.56. The highest BCUT2D eigenvalue weighted by Crippen LogP contribution is 2.30. The molecule has 0 saturated heterocycles. The maximum absolute atomic E-state index is 5.96. The standard InChI is InChI=1S/C16H25N3/c1-5-19-15-9-7-6-8-13(15)14(18-19)10-12(11-17)16(2,3)4/h6-9,12H,5,10-11,17H2,1-4H3. The van der Waals surface area contributed by atoms with Gasteiger partial charge in [0.05, 0.1) is 11.2 Å². The first-order valence-electron chi connectivity index (χ1n) is 7.11. The van der Waals surface area contributed by atoms with Crippen LogP contribution in [0.5, 0.6) is 0 Å². The number of aromatic nitrogens is 2. The van der Waals surface area contributed by atoms with Crippen LogP contribution < -0.4 is 5.73 Å². The zero-order valence-electron chi connectivity index (χ0n) is 12.5. The minimum Gasteiger partial charge on any atom is -0.330 e. The summed E-state index contributed by atoms with van der Waals surface area (Å²) in [5, 5.41) is 6.04. The predicted molar refractivity (Wildman–Crippen MR) is 81.1 cm³/mol.